The van der Waals surface area contributed by atoms with Crippen LogP contribution in [0.5, 0.6) is 11.5 Å². The molecule has 2 aromatic rings. The topological polar surface area (TPSA) is 35.5 Å². The lowest BCUT2D eigenvalue weighted by molar-refractivity contribution is 0.0979. The van der Waals surface area contributed by atoms with Gasteiger partial charge >= 0.3 is 0 Å². The zero-order chi connectivity index (χ0) is 15.4. The summed E-state index contributed by atoms with van der Waals surface area (Å²) in [5.74, 6) is 1.17. The molecule has 0 spiro atoms. The summed E-state index contributed by atoms with van der Waals surface area (Å²) in [4.78, 5) is 12.2. The van der Waals surface area contributed by atoms with Crippen molar-refractivity contribution in [2.45, 2.75) is 19.3 Å². The molecule has 0 saturated heterocycles. The van der Waals surface area contributed by atoms with E-state index >= 15 is 0 Å². The van der Waals surface area contributed by atoms with E-state index in [2.05, 4.69) is 0 Å². The number of halogens is 1. The fraction of sp³-hybridized carbons (Fsp3) is 0.278. The molecule has 0 N–H and O–H groups in total. The fourth-order valence-electron chi connectivity index (χ4n) is 2.47. The van der Waals surface area contributed by atoms with Crippen molar-refractivity contribution in [2.24, 2.45) is 0 Å². The maximum atomic E-state index is 12.8. The molecule has 4 heteroatoms. The molecule has 0 atom stereocenters. The van der Waals surface area contributed by atoms with Crippen molar-refractivity contribution in [2.75, 3.05) is 13.2 Å². The zero-order valence-corrected chi connectivity index (χ0v) is 12.2. The minimum atomic E-state index is -0.240. The van der Waals surface area contributed by atoms with Gasteiger partial charge in [0.15, 0.2) is 17.3 Å². The minimum Gasteiger partial charge on any atom is -0.486 e. The molecular formula is C18H17FO3. The molecule has 3 nitrogen and oxygen atoms in total. The Morgan fingerprint density at radius 2 is 1.73 bits per heavy atom. The number of benzene rings is 2. The molecule has 2 aromatic carbocycles. The van der Waals surface area contributed by atoms with Crippen LogP contribution in [-0.4, -0.2) is 19.0 Å². The molecule has 0 radical (unpaired) electrons. The SMILES string of the molecule is O=C(CCCc1ccc(F)cc1)c1ccc2c(c1)OCCO2. The van der Waals surface area contributed by atoms with E-state index in [0.717, 1.165) is 18.4 Å². The van der Waals surface area contributed by atoms with Gasteiger partial charge in [-0.25, -0.2) is 4.39 Å². The number of hydrogen-bond acceptors (Lipinski definition) is 3. The lowest BCUT2D eigenvalue weighted by atomic mass is 10.0. The average molecular weight is 300 g/mol. The van der Waals surface area contributed by atoms with E-state index in [1.165, 1.54) is 12.1 Å². The molecule has 114 valence electrons. The summed E-state index contributed by atoms with van der Waals surface area (Å²) in [5, 5.41) is 0. The Kier molecular flexibility index (Phi) is 4.37. The van der Waals surface area contributed by atoms with Crippen LogP contribution in [-0.2, 0) is 6.42 Å². The molecule has 1 heterocycles. The van der Waals surface area contributed by atoms with Gasteiger partial charge in [-0.05, 0) is 48.7 Å². The van der Waals surface area contributed by atoms with E-state index in [-0.39, 0.29) is 11.6 Å². The second-order valence-electron chi connectivity index (χ2n) is 5.26. The molecule has 0 bridgehead atoms. The van der Waals surface area contributed by atoms with Crippen LogP contribution in [0.1, 0.15) is 28.8 Å². The first kappa shape index (κ1) is 14.6. The standard InChI is InChI=1S/C18H17FO3/c19-15-7-4-13(5-8-15)2-1-3-16(20)14-6-9-17-18(12-14)22-11-10-21-17/h4-9,12H,1-3,10-11H2. The van der Waals surface area contributed by atoms with Gasteiger partial charge < -0.3 is 9.47 Å². The van der Waals surface area contributed by atoms with E-state index in [0.29, 0.717) is 36.7 Å². The Morgan fingerprint density at radius 1 is 1.00 bits per heavy atom. The van der Waals surface area contributed by atoms with Crippen molar-refractivity contribution in [3.05, 3.63) is 59.4 Å². The first-order chi connectivity index (χ1) is 10.7. The van der Waals surface area contributed by atoms with Crippen LogP contribution in [0.4, 0.5) is 4.39 Å². The van der Waals surface area contributed by atoms with Gasteiger partial charge in [0.05, 0.1) is 0 Å². The summed E-state index contributed by atoms with van der Waals surface area (Å²) >= 11 is 0. The first-order valence-electron chi connectivity index (χ1n) is 7.40. The van der Waals surface area contributed by atoms with E-state index in [1.807, 2.05) is 0 Å². The van der Waals surface area contributed by atoms with Gasteiger partial charge in [-0.3, -0.25) is 4.79 Å². The Balaban J connectivity index is 1.56. The summed E-state index contributed by atoms with van der Waals surface area (Å²) in [7, 11) is 0. The molecule has 1 aliphatic heterocycles. The highest BCUT2D eigenvalue weighted by molar-refractivity contribution is 5.96. The molecule has 3 rings (SSSR count). The second-order valence-corrected chi connectivity index (χ2v) is 5.26. The van der Waals surface area contributed by atoms with Crippen LogP contribution in [0.2, 0.25) is 0 Å². The summed E-state index contributed by atoms with van der Waals surface area (Å²) in [6.07, 6.45) is 1.95. The third-order valence-corrected chi connectivity index (χ3v) is 3.65. The quantitative estimate of drug-likeness (QED) is 0.788. The van der Waals surface area contributed by atoms with Crippen molar-refractivity contribution >= 4 is 5.78 Å². The van der Waals surface area contributed by atoms with Crippen LogP contribution < -0.4 is 9.47 Å². The van der Waals surface area contributed by atoms with Crippen LogP contribution in [0.3, 0.4) is 0 Å². The largest absolute Gasteiger partial charge is 0.486 e. The smallest absolute Gasteiger partial charge is 0.163 e. The van der Waals surface area contributed by atoms with E-state index in [4.69, 9.17) is 9.47 Å². The zero-order valence-electron chi connectivity index (χ0n) is 12.2. The van der Waals surface area contributed by atoms with Gasteiger partial charge in [-0.1, -0.05) is 12.1 Å². The van der Waals surface area contributed by atoms with Gasteiger partial charge in [0, 0.05) is 12.0 Å². The maximum absolute atomic E-state index is 12.8. The molecule has 22 heavy (non-hydrogen) atoms. The first-order valence-corrected chi connectivity index (χ1v) is 7.40. The summed E-state index contributed by atoms with van der Waals surface area (Å²) in [6, 6.07) is 11.7. The number of carbonyl (C=O) groups is 1. The van der Waals surface area contributed by atoms with Gasteiger partial charge in [0.1, 0.15) is 19.0 Å². The normalized spacial score (nSPS) is 13.0. The van der Waals surface area contributed by atoms with Crippen LogP contribution in [0.25, 0.3) is 0 Å². The van der Waals surface area contributed by atoms with Crippen LogP contribution in [0.15, 0.2) is 42.5 Å². The number of Topliss-reactive ketones (excluding diaryl/α,β-unsaturated/α-hetero) is 1. The minimum absolute atomic E-state index is 0.0825. The number of aryl methyl sites for hydroxylation is 1. The molecular weight excluding hydrogens is 283 g/mol. The highest BCUT2D eigenvalue weighted by Crippen LogP contribution is 2.31. The molecule has 0 fully saturated rings. The molecule has 0 saturated carbocycles. The Morgan fingerprint density at radius 3 is 2.50 bits per heavy atom. The second kappa shape index (κ2) is 6.60. The summed E-state index contributed by atoms with van der Waals surface area (Å²) in [6.45, 7) is 1.05. The van der Waals surface area contributed by atoms with Gasteiger partial charge in [0.2, 0.25) is 0 Å². The third-order valence-electron chi connectivity index (χ3n) is 3.65. The van der Waals surface area contributed by atoms with Gasteiger partial charge in [0.25, 0.3) is 0 Å². The molecule has 0 aliphatic carbocycles. The molecule has 0 aromatic heterocycles. The molecule has 0 unspecified atom stereocenters. The lowest BCUT2D eigenvalue weighted by Gasteiger charge is -2.18. The maximum Gasteiger partial charge on any atom is 0.163 e. The van der Waals surface area contributed by atoms with Gasteiger partial charge in [-0.2, -0.15) is 0 Å². The van der Waals surface area contributed by atoms with Crippen LogP contribution in [0, 0.1) is 5.82 Å². The number of rotatable bonds is 5. The number of carbonyl (C=O) groups excluding carboxylic acids is 1. The average Bonchev–Trinajstić information content (AvgIpc) is 2.56. The lowest BCUT2D eigenvalue weighted by Crippen LogP contribution is -2.15. The predicted octanol–water partition coefficient (Wildman–Crippen LogP) is 3.80. The summed E-state index contributed by atoms with van der Waals surface area (Å²) in [5.41, 5.74) is 1.68. The molecule has 0 amide bonds. The van der Waals surface area contributed by atoms with E-state index < -0.39 is 0 Å². The highest BCUT2D eigenvalue weighted by Gasteiger charge is 2.14. The van der Waals surface area contributed by atoms with Crippen LogP contribution >= 0.6 is 0 Å². The van der Waals surface area contributed by atoms with Gasteiger partial charge in [-0.15, -0.1) is 0 Å². The monoisotopic (exact) mass is 300 g/mol. The number of ketones is 1. The third kappa shape index (κ3) is 3.45. The fourth-order valence-corrected chi connectivity index (χ4v) is 2.47. The van der Waals surface area contributed by atoms with Crippen molar-refractivity contribution in [3.63, 3.8) is 0 Å². The number of fused-ring (bicyclic) bond motifs is 1. The molecule has 1 aliphatic rings. The van der Waals surface area contributed by atoms with Crippen molar-refractivity contribution in [1.29, 1.82) is 0 Å². The Hall–Kier alpha value is -2.36. The van der Waals surface area contributed by atoms with Crippen molar-refractivity contribution < 1.29 is 18.7 Å². The highest BCUT2D eigenvalue weighted by atomic mass is 19.1. The number of hydrogen-bond donors (Lipinski definition) is 0. The Labute approximate surface area is 128 Å². The predicted molar refractivity (Wildman–Crippen MR) is 81.1 cm³/mol. The number of ether oxygens (including phenoxy) is 2. The van der Waals surface area contributed by atoms with Crippen molar-refractivity contribution in [1.82, 2.24) is 0 Å². The van der Waals surface area contributed by atoms with E-state index in [9.17, 15) is 9.18 Å². The summed E-state index contributed by atoms with van der Waals surface area (Å²) < 4.78 is 23.7. The van der Waals surface area contributed by atoms with E-state index in [1.54, 1.807) is 30.3 Å². The Bertz CT molecular complexity index is 665. The van der Waals surface area contributed by atoms with Crippen molar-refractivity contribution in [3.8, 4) is 11.5 Å².